The van der Waals surface area contributed by atoms with Gasteiger partial charge in [0.05, 0.1) is 13.7 Å². The van der Waals surface area contributed by atoms with Gasteiger partial charge in [-0.25, -0.2) is 0 Å². The fourth-order valence-corrected chi connectivity index (χ4v) is 2.42. The van der Waals surface area contributed by atoms with Crippen LogP contribution in [-0.2, 0) is 10.4 Å². The number of nitrogens with two attached hydrogens (primary N) is 1. The van der Waals surface area contributed by atoms with Gasteiger partial charge in [0.25, 0.3) is 5.91 Å². The molecule has 0 saturated heterocycles. The zero-order chi connectivity index (χ0) is 18.4. The lowest BCUT2D eigenvalue weighted by molar-refractivity contribution is -0.133. The number of aliphatic hydroxyl groups excluding tert-OH is 2. The molecule has 0 saturated carbocycles. The van der Waals surface area contributed by atoms with E-state index in [1.54, 1.807) is 30.3 Å². The molecule has 134 valence electrons. The summed E-state index contributed by atoms with van der Waals surface area (Å²) < 4.78 is 10.6. The summed E-state index contributed by atoms with van der Waals surface area (Å²) in [6, 6.07) is 12.8. The van der Waals surface area contributed by atoms with Gasteiger partial charge in [0.1, 0.15) is 24.2 Å². The van der Waals surface area contributed by atoms with Crippen LogP contribution in [0.25, 0.3) is 0 Å². The monoisotopic (exact) mass is 347 g/mol. The number of benzene rings is 2. The van der Waals surface area contributed by atoms with E-state index in [-0.39, 0.29) is 17.9 Å². The highest BCUT2D eigenvalue weighted by Gasteiger charge is 2.40. The number of methoxy groups -OCH3 is 1. The van der Waals surface area contributed by atoms with Crippen molar-refractivity contribution in [2.75, 3.05) is 20.3 Å². The number of primary amides is 1. The minimum absolute atomic E-state index is 0.113. The van der Waals surface area contributed by atoms with Crippen molar-refractivity contribution in [2.45, 2.75) is 11.7 Å². The Balaban J connectivity index is 2.44. The van der Waals surface area contributed by atoms with Crippen LogP contribution >= 0.6 is 0 Å². The summed E-state index contributed by atoms with van der Waals surface area (Å²) >= 11 is 0. The Kier molecular flexibility index (Phi) is 5.97. The number of hydrogen-bond acceptors (Lipinski definition) is 6. The van der Waals surface area contributed by atoms with E-state index in [0.717, 1.165) is 0 Å². The molecule has 25 heavy (non-hydrogen) atoms. The quantitative estimate of drug-likeness (QED) is 0.539. The molecule has 1 amide bonds. The van der Waals surface area contributed by atoms with Gasteiger partial charge in [-0.15, -0.1) is 0 Å². The molecule has 0 spiro atoms. The van der Waals surface area contributed by atoms with Crippen molar-refractivity contribution in [3.63, 3.8) is 0 Å². The summed E-state index contributed by atoms with van der Waals surface area (Å²) in [5, 5.41) is 29.2. The molecule has 2 rings (SSSR count). The van der Waals surface area contributed by atoms with Crippen molar-refractivity contribution in [3.05, 3.63) is 59.7 Å². The van der Waals surface area contributed by atoms with Crippen LogP contribution in [0.15, 0.2) is 48.5 Å². The summed E-state index contributed by atoms with van der Waals surface area (Å²) in [5.41, 5.74) is 3.88. The van der Waals surface area contributed by atoms with Gasteiger partial charge in [-0.1, -0.05) is 30.3 Å². The number of rotatable bonds is 8. The Bertz CT molecular complexity index is 721. The average molecular weight is 347 g/mol. The predicted molar refractivity (Wildman–Crippen MR) is 90.2 cm³/mol. The molecule has 0 radical (unpaired) electrons. The van der Waals surface area contributed by atoms with Crippen LogP contribution in [0.2, 0.25) is 0 Å². The Morgan fingerprint density at radius 2 is 1.92 bits per heavy atom. The van der Waals surface area contributed by atoms with Crippen LogP contribution in [0.4, 0.5) is 0 Å². The van der Waals surface area contributed by atoms with Gasteiger partial charge in [0, 0.05) is 11.6 Å². The number of carbonyl (C=O) groups is 1. The molecule has 1 unspecified atom stereocenters. The van der Waals surface area contributed by atoms with Gasteiger partial charge >= 0.3 is 0 Å². The molecule has 0 aliphatic carbocycles. The van der Waals surface area contributed by atoms with Crippen molar-refractivity contribution in [1.82, 2.24) is 0 Å². The molecule has 0 aromatic heterocycles. The van der Waals surface area contributed by atoms with Crippen molar-refractivity contribution in [2.24, 2.45) is 5.73 Å². The van der Waals surface area contributed by atoms with E-state index in [1.165, 1.54) is 25.3 Å². The van der Waals surface area contributed by atoms with E-state index >= 15 is 0 Å². The summed E-state index contributed by atoms with van der Waals surface area (Å²) in [6.07, 6.45) is -1.02. The van der Waals surface area contributed by atoms with Crippen LogP contribution in [0.5, 0.6) is 11.5 Å². The van der Waals surface area contributed by atoms with E-state index in [2.05, 4.69) is 0 Å². The van der Waals surface area contributed by atoms with E-state index in [1.807, 2.05) is 0 Å². The highest BCUT2D eigenvalue weighted by molar-refractivity contribution is 5.89. The van der Waals surface area contributed by atoms with Gasteiger partial charge < -0.3 is 30.5 Å². The van der Waals surface area contributed by atoms with Crippen LogP contribution in [0, 0.1) is 0 Å². The largest absolute Gasteiger partial charge is 0.496 e. The normalized spacial score (nSPS) is 14.4. The molecule has 7 nitrogen and oxygen atoms in total. The van der Waals surface area contributed by atoms with Gasteiger partial charge in [-0.2, -0.15) is 0 Å². The molecular weight excluding hydrogens is 326 g/mol. The first-order valence-corrected chi connectivity index (χ1v) is 7.61. The van der Waals surface area contributed by atoms with E-state index in [4.69, 9.17) is 20.3 Å². The second-order valence-electron chi connectivity index (χ2n) is 5.45. The summed E-state index contributed by atoms with van der Waals surface area (Å²) in [7, 11) is 1.39. The summed E-state index contributed by atoms with van der Waals surface area (Å²) in [5.74, 6) is -0.407. The highest BCUT2D eigenvalue weighted by Crippen LogP contribution is 2.37. The van der Waals surface area contributed by atoms with Crippen molar-refractivity contribution < 1.29 is 29.6 Å². The number of carbonyl (C=O) groups excluding carboxylic acids is 1. The maximum atomic E-state index is 12.1. The Hall–Kier alpha value is -2.61. The Labute approximate surface area is 145 Å². The van der Waals surface area contributed by atoms with Crippen molar-refractivity contribution >= 4 is 5.91 Å². The summed E-state index contributed by atoms with van der Waals surface area (Å²) in [6.45, 7) is -0.539. The lowest BCUT2D eigenvalue weighted by Gasteiger charge is -2.27. The second-order valence-corrected chi connectivity index (χ2v) is 5.45. The molecule has 0 bridgehead atoms. The van der Waals surface area contributed by atoms with Crippen LogP contribution in [0.3, 0.4) is 0 Å². The first kappa shape index (κ1) is 18.7. The lowest BCUT2D eigenvalue weighted by Crippen LogP contribution is -2.42. The minimum atomic E-state index is -2.07. The molecule has 0 aliphatic heterocycles. The molecule has 0 aliphatic rings. The first-order valence-electron chi connectivity index (χ1n) is 7.61. The van der Waals surface area contributed by atoms with Gasteiger partial charge in [0.2, 0.25) is 0 Å². The summed E-state index contributed by atoms with van der Waals surface area (Å²) in [4.78, 5) is 12.1. The topological polar surface area (TPSA) is 122 Å². The Morgan fingerprint density at radius 1 is 1.24 bits per heavy atom. The van der Waals surface area contributed by atoms with E-state index in [9.17, 15) is 15.0 Å². The minimum Gasteiger partial charge on any atom is -0.496 e. The molecule has 2 atom stereocenters. The number of aliphatic hydroxyl groups is 3. The maximum Gasteiger partial charge on any atom is 0.258 e. The van der Waals surface area contributed by atoms with Crippen LogP contribution in [0.1, 0.15) is 11.1 Å². The molecule has 2 aromatic carbocycles. The molecule has 5 N–H and O–H groups in total. The first-order chi connectivity index (χ1) is 11.9. The molecular formula is C18H21NO6. The predicted octanol–water partition coefficient (Wildman–Crippen LogP) is 0.148. The standard InChI is InChI=1S/C18H21NO6/c1-24-16-9-14(25-11-13(21)10-20)7-8-15(16)18(23,17(19)22)12-5-3-2-4-6-12/h2-9,13,20-21,23H,10-11H2,1H3,(H2,19,22)/t13-,18?/m0/s1. The highest BCUT2D eigenvalue weighted by atomic mass is 16.5. The smallest absolute Gasteiger partial charge is 0.258 e. The van der Waals surface area contributed by atoms with Crippen molar-refractivity contribution in [1.29, 1.82) is 0 Å². The third kappa shape index (κ3) is 3.90. The van der Waals surface area contributed by atoms with Crippen LogP contribution < -0.4 is 15.2 Å². The zero-order valence-electron chi connectivity index (χ0n) is 13.8. The molecule has 7 heteroatoms. The van der Waals surface area contributed by atoms with Crippen LogP contribution in [-0.4, -0.2) is 47.7 Å². The van der Waals surface area contributed by atoms with Gasteiger partial charge in [-0.3, -0.25) is 4.79 Å². The zero-order valence-corrected chi connectivity index (χ0v) is 13.8. The number of ether oxygens (including phenoxy) is 2. The molecule has 2 aromatic rings. The van der Waals surface area contributed by atoms with Crippen molar-refractivity contribution in [3.8, 4) is 11.5 Å². The Morgan fingerprint density at radius 3 is 2.48 bits per heavy atom. The number of amides is 1. The van der Waals surface area contributed by atoms with E-state index in [0.29, 0.717) is 11.3 Å². The van der Waals surface area contributed by atoms with Gasteiger partial charge in [0.15, 0.2) is 5.60 Å². The molecule has 0 fully saturated rings. The van der Waals surface area contributed by atoms with E-state index < -0.39 is 24.2 Å². The lowest BCUT2D eigenvalue weighted by atomic mass is 9.85. The third-order valence-electron chi connectivity index (χ3n) is 3.76. The average Bonchev–Trinajstić information content (AvgIpc) is 2.65. The maximum absolute atomic E-state index is 12.1. The fourth-order valence-electron chi connectivity index (χ4n) is 2.42. The SMILES string of the molecule is COc1cc(OC[C@@H](O)CO)ccc1C(O)(C(N)=O)c1ccccc1. The third-order valence-corrected chi connectivity index (χ3v) is 3.76. The number of hydrogen-bond donors (Lipinski definition) is 4. The molecule has 0 heterocycles. The fraction of sp³-hybridized carbons (Fsp3) is 0.278. The van der Waals surface area contributed by atoms with Gasteiger partial charge in [-0.05, 0) is 17.7 Å². The second kappa shape index (κ2) is 7.98.